The number of anilines is 1. The Morgan fingerprint density at radius 1 is 1.09 bits per heavy atom. The van der Waals surface area contributed by atoms with E-state index in [2.05, 4.69) is 42.6 Å². The summed E-state index contributed by atoms with van der Waals surface area (Å²) in [5, 5.41) is 0. The van der Waals surface area contributed by atoms with Crippen molar-refractivity contribution in [1.82, 2.24) is 15.0 Å². The fourth-order valence-electron chi connectivity index (χ4n) is 3.29. The second-order valence-electron chi connectivity index (χ2n) is 7.41. The lowest BCUT2D eigenvalue weighted by Crippen LogP contribution is -2.57. The van der Waals surface area contributed by atoms with Crippen LogP contribution < -0.4 is 4.90 Å². The van der Waals surface area contributed by atoms with Crippen molar-refractivity contribution in [3.63, 3.8) is 0 Å². The van der Waals surface area contributed by atoms with Crippen molar-refractivity contribution in [3.8, 4) is 11.4 Å². The summed E-state index contributed by atoms with van der Waals surface area (Å²) in [5.74, 6) is 1.66. The average Bonchev–Trinajstić information content (AvgIpc) is 2.44. The highest BCUT2D eigenvalue weighted by Crippen LogP contribution is 2.31. The van der Waals surface area contributed by atoms with Crippen LogP contribution in [-0.2, 0) is 4.74 Å². The predicted octanol–water partition coefficient (Wildman–Crippen LogP) is 3.24. The van der Waals surface area contributed by atoms with E-state index in [1.807, 2.05) is 25.1 Å². The molecule has 0 radical (unpaired) electrons. The van der Waals surface area contributed by atoms with E-state index in [4.69, 9.17) is 9.72 Å². The first-order chi connectivity index (χ1) is 10.7. The summed E-state index contributed by atoms with van der Waals surface area (Å²) in [6.07, 6.45) is 3.55. The zero-order valence-corrected chi connectivity index (χ0v) is 14.5. The molecule has 0 amide bonds. The Bertz CT molecular complexity index is 681. The van der Waals surface area contributed by atoms with Crippen LogP contribution in [0.5, 0.6) is 0 Å². The van der Waals surface area contributed by atoms with Gasteiger partial charge in [-0.2, -0.15) is 0 Å². The van der Waals surface area contributed by atoms with Crippen LogP contribution in [0.15, 0.2) is 30.6 Å². The van der Waals surface area contributed by atoms with Crippen LogP contribution in [0.4, 0.5) is 5.82 Å². The SMILES string of the molecule is Cc1cc(N2CC(C)(C)OC(C)(C)C2)nc(-c2cccnc2)n1. The molecule has 23 heavy (non-hydrogen) atoms. The summed E-state index contributed by atoms with van der Waals surface area (Å²) in [7, 11) is 0. The second kappa shape index (κ2) is 5.57. The van der Waals surface area contributed by atoms with Gasteiger partial charge in [-0.1, -0.05) is 0 Å². The molecule has 1 saturated heterocycles. The van der Waals surface area contributed by atoms with Crippen molar-refractivity contribution in [2.75, 3.05) is 18.0 Å². The van der Waals surface area contributed by atoms with Crippen molar-refractivity contribution < 1.29 is 4.74 Å². The minimum atomic E-state index is -0.213. The lowest BCUT2D eigenvalue weighted by molar-refractivity contribution is -0.133. The van der Waals surface area contributed by atoms with Gasteiger partial charge in [0, 0.05) is 42.8 Å². The molecule has 3 rings (SSSR count). The largest absolute Gasteiger partial charge is 0.366 e. The summed E-state index contributed by atoms with van der Waals surface area (Å²) in [5.41, 5.74) is 1.46. The molecule has 2 aromatic heterocycles. The van der Waals surface area contributed by atoms with Gasteiger partial charge >= 0.3 is 0 Å². The molecule has 0 atom stereocenters. The maximum atomic E-state index is 6.16. The first-order valence-corrected chi connectivity index (χ1v) is 7.95. The maximum Gasteiger partial charge on any atom is 0.163 e. The van der Waals surface area contributed by atoms with Crippen molar-refractivity contribution in [1.29, 1.82) is 0 Å². The first kappa shape index (κ1) is 15.9. The zero-order chi connectivity index (χ0) is 16.7. The number of aryl methyl sites for hydroxylation is 1. The quantitative estimate of drug-likeness (QED) is 0.852. The maximum absolute atomic E-state index is 6.16. The fourth-order valence-corrected chi connectivity index (χ4v) is 3.29. The summed E-state index contributed by atoms with van der Waals surface area (Å²) in [4.78, 5) is 15.8. The molecule has 1 aliphatic heterocycles. The van der Waals surface area contributed by atoms with E-state index in [9.17, 15) is 0 Å². The number of nitrogens with zero attached hydrogens (tertiary/aromatic N) is 4. The molecule has 1 aliphatic rings. The van der Waals surface area contributed by atoms with Crippen LogP contribution in [0.2, 0.25) is 0 Å². The van der Waals surface area contributed by atoms with E-state index >= 15 is 0 Å². The van der Waals surface area contributed by atoms with E-state index < -0.39 is 0 Å². The van der Waals surface area contributed by atoms with Crippen molar-refractivity contribution in [2.45, 2.75) is 45.8 Å². The molecule has 0 saturated carbocycles. The van der Waals surface area contributed by atoms with Gasteiger partial charge in [0.25, 0.3) is 0 Å². The van der Waals surface area contributed by atoms with Gasteiger partial charge in [0.2, 0.25) is 0 Å². The third-order valence-electron chi connectivity index (χ3n) is 3.78. The normalized spacial score (nSPS) is 19.6. The number of hydrogen-bond acceptors (Lipinski definition) is 5. The molecule has 0 bridgehead atoms. The van der Waals surface area contributed by atoms with Gasteiger partial charge in [0.1, 0.15) is 5.82 Å². The number of hydrogen-bond donors (Lipinski definition) is 0. The average molecular weight is 312 g/mol. The molecule has 5 heteroatoms. The van der Waals surface area contributed by atoms with Gasteiger partial charge in [-0.15, -0.1) is 0 Å². The first-order valence-electron chi connectivity index (χ1n) is 7.95. The number of pyridine rings is 1. The Kier molecular flexibility index (Phi) is 3.84. The molecule has 0 aromatic carbocycles. The number of aromatic nitrogens is 3. The van der Waals surface area contributed by atoms with Crippen LogP contribution >= 0.6 is 0 Å². The van der Waals surface area contributed by atoms with Gasteiger partial charge < -0.3 is 9.64 Å². The molecular formula is C18H24N4O. The summed E-state index contributed by atoms with van der Waals surface area (Å²) >= 11 is 0. The lowest BCUT2D eigenvalue weighted by atomic mass is 9.99. The highest BCUT2D eigenvalue weighted by Gasteiger charge is 2.38. The van der Waals surface area contributed by atoms with Gasteiger partial charge in [-0.05, 0) is 46.8 Å². The Hall–Kier alpha value is -2.01. The summed E-state index contributed by atoms with van der Waals surface area (Å²) < 4.78 is 6.16. The van der Waals surface area contributed by atoms with E-state index in [-0.39, 0.29) is 11.2 Å². The lowest BCUT2D eigenvalue weighted by Gasteiger charge is -2.47. The monoisotopic (exact) mass is 312 g/mol. The number of morpholine rings is 1. The molecule has 0 N–H and O–H groups in total. The van der Waals surface area contributed by atoms with Crippen LogP contribution in [0.1, 0.15) is 33.4 Å². The number of ether oxygens (including phenoxy) is 1. The molecule has 0 aliphatic carbocycles. The summed E-state index contributed by atoms with van der Waals surface area (Å²) in [6, 6.07) is 5.93. The molecule has 5 nitrogen and oxygen atoms in total. The fraction of sp³-hybridized carbons (Fsp3) is 0.500. The molecule has 122 valence electrons. The van der Waals surface area contributed by atoms with Crippen LogP contribution in [0.25, 0.3) is 11.4 Å². The highest BCUT2D eigenvalue weighted by atomic mass is 16.5. The molecular weight excluding hydrogens is 288 g/mol. The molecule has 0 spiro atoms. The van der Waals surface area contributed by atoms with Gasteiger partial charge in [0.15, 0.2) is 5.82 Å². The third kappa shape index (κ3) is 3.67. The molecule has 2 aromatic rings. The van der Waals surface area contributed by atoms with Crippen molar-refractivity contribution in [2.24, 2.45) is 0 Å². The van der Waals surface area contributed by atoms with E-state index in [0.717, 1.165) is 36.0 Å². The molecule has 3 heterocycles. The third-order valence-corrected chi connectivity index (χ3v) is 3.78. The van der Waals surface area contributed by atoms with Gasteiger partial charge in [-0.3, -0.25) is 4.98 Å². The van der Waals surface area contributed by atoms with Crippen LogP contribution in [0.3, 0.4) is 0 Å². The number of rotatable bonds is 2. The molecule has 0 unspecified atom stereocenters. The van der Waals surface area contributed by atoms with Crippen molar-refractivity contribution in [3.05, 3.63) is 36.3 Å². The smallest absolute Gasteiger partial charge is 0.163 e. The second-order valence-corrected chi connectivity index (χ2v) is 7.41. The van der Waals surface area contributed by atoms with E-state index in [0.29, 0.717) is 0 Å². The van der Waals surface area contributed by atoms with Crippen LogP contribution in [-0.4, -0.2) is 39.2 Å². The van der Waals surface area contributed by atoms with E-state index in [1.54, 1.807) is 12.4 Å². The molecule has 1 fully saturated rings. The Balaban J connectivity index is 1.98. The Morgan fingerprint density at radius 3 is 2.39 bits per heavy atom. The predicted molar refractivity (Wildman–Crippen MR) is 91.5 cm³/mol. The van der Waals surface area contributed by atoms with E-state index in [1.165, 1.54) is 0 Å². The standard InChI is InChI=1S/C18H24N4O/c1-13-9-15(21-16(20-13)14-7-6-8-19-10-14)22-11-17(2,3)23-18(4,5)12-22/h6-10H,11-12H2,1-5H3. The Labute approximate surface area is 137 Å². The van der Waals surface area contributed by atoms with Gasteiger partial charge in [-0.25, -0.2) is 9.97 Å². The van der Waals surface area contributed by atoms with Gasteiger partial charge in [0.05, 0.1) is 11.2 Å². The minimum absolute atomic E-state index is 0.213. The topological polar surface area (TPSA) is 51.1 Å². The summed E-state index contributed by atoms with van der Waals surface area (Å²) in [6.45, 7) is 12.1. The zero-order valence-electron chi connectivity index (χ0n) is 14.5. The Morgan fingerprint density at radius 2 is 1.78 bits per heavy atom. The minimum Gasteiger partial charge on any atom is -0.366 e. The van der Waals surface area contributed by atoms with Crippen molar-refractivity contribution >= 4 is 5.82 Å². The van der Waals surface area contributed by atoms with Crippen LogP contribution in [0, 0.1) is 6.92 Å². The highest BCUT2D eigenvalue weighted by molar-refractivity contribution is 5.57.